The van der Waals surface area contributed by atoms with Crippen molar-refractivity contribution in [3.8, 4) is 0 Å². The molecule has 10 heavy (non-hydrogen) atoms. The molecule has 0 aromatic rings. The Balaban J connectivity index is 3.63. The molecular formula is C8H20NO+. The zero-order valence-corrected chi connectivity index (χ0v) is 7.59. The molecule has 0 fully saturated rings. The van der Waals surface area contributed by atoms with Gasteiger partial charge in [-0.2, -0.15) is 0 Å². The minimum atomic E-state index is 0.314. The van der Waals surface area contributed by atoms with Crippen LogP contribution < -0.4 is 0 Å². The summed E-state index contributed by atoms with van der Waals surface area (Å²) >= 11 is 0. The number of nitrogens with zero attached hydrogens (tertiary/aromatic N) is 1. The molecule has 0 amide bonds. The van der Waals surface area contributed by atoms with E-state index in [1.165, 1.54) is 0 Å². The third kappa shape index (κ3) is 3.18. The molecular weight excluding hydrogens is 126 g/mol. The van der Waals surface area contributed by atoms with Crippen molar-refractivity contribution in [2.24, 2.45) is 0 Å². The normalized spacial score (nSPS) is 12.6. The number of hydrogen-bond acceptors (Lipinski definition) is 1. The third-order valence-corrected chi connectivity index (χ3v) is 2.29. The van der Waals surface area contributed by atoms with Gasteiger partial charge in [0.25, 0.3) is 0 Å². The van der Waals surface area contributed by atoms with Gasteiger partial charge in [0, 0.05) is 13.0 Å². The fourth-order valence-electron chi connectivity index (χ4n) is 0.736. The van der Waals surface area contributed by atoms with Crippen molar-refractivity contribution in [3.05, 3.63) is 0 Å². The average molecular weight is 146 g/mol. The summed E-state index contributed by atoms with van der Waals surface area (Å²) in [6, 6.07) is 0.645. The minimum Gasteiger partial charge on any atom is -0.396 e. The van der Waals surface area contributed by atoms with E-state index in [2.05, 4.69) is 27.9 Å². The Bertz CT molecular complexity index is 89.3. The second kappa shape index (κ2) is 3.94. The Kier molecular flexibility index (Phi) is 3.91. The summed E-state index contributed by atoms with van der Waals surface area (Å²) in [4.78, 5) is 0. The number of quaternary nitrogens is 1. The standard InChI is InChI=1S/C8H20NO/c1-8(2)9(3,4)6-5-7-10/h8,10H,5-7H2,1-4H3/q+1. The first-order valence-corrected chi connectivity index (χ1v) is 3.94. The first kappa shape index (κ1) is 9.92. The molecule has 1 N–H and O–H groups in total. The fraction of sp³-hybridized carbons (Fsp3) is 1.00. The van der Waals surface area contributed by atoms with Crippen molar-refractivity contribution in [1.82, 2.24) is 0 Å². The molecule has 0 aromatic heterocycles. The van der Waals surface area contributed by atoms with Gasteiger partial charge in [0.15, 0.2) is 0 Å². The Morgan fingerprint density at radius 1 is 1.30 bits per heavy atom. The lowest BCUT2D eigenvalue weighted by atomic mass is 10.2. The summed E-state index contributed by atoms with van der Waals surface area (Å²) < 4.78 is 1.00. The van der Waals surface area contributed by atoms with Crippen molar-refractivity contribution in [2.75, 3.05) is 27.2 Å². The van der Waals surface area contributed by atoms with Crippen LogP contribution in [0, 0.1) is 0 Å². The van der Waals surface area contributed by atoms with Gasteiger partial charge in [-0.25, -0.2) is 0 Å². The molecule has 0 aliphatic heterocycles. The van der Waals surface area contributed by atoms with Gasteiger partial charge in [-0.05, 0) is 13.8 Å². The number of aliphatic hydroxyl groups excluding tert-OH is 1. The predicted molar refractivity (Wildman–Crippen MR) is 43.8 cm³/mol. The van der Waals surface area contributed by atoms with E-state index >= 15 is 0 Å². The van der Waals surface area contributed by atoms with Crippen LogP contribution >= 0.6 is 0 Å². The van der Waals surface area contributed by atoms with Gasteiger partial charge in [0.1, 0.15) is 0 Å². The van der Waals surface area contributed by atoms with Gasteiger partial charge in [0.2, 0.25) is 0 Å². The highest BCUT2D eigenvalue weighted by molar-refractivity contribution is 4.40. The molecule has 0 saturated carbocycles. The van der Waals surface area contributed by atoms with Crippen molar-refractivity contribution in [3.63, 3.8) is 0 Å². The van der Waals surface area contributed by atoms with Gasteiger partial charge in [-0.1, -0.05) is 0 Å². The summed E-state index contributed by atoms with van der Waals surface area (Å²) in [5.74, 6) is 0. The Morgan fingerprint density at radius 3 is 2.10 bits per heavy atom. The lowest BCUT2D eigenvalue weighted by Crippen LogP contribution is -2.46. The Morgan fingerprint density at radius 2 is 1.80 bits per heavy atom. The molecule has 2 heteroatoms. The van der Waals surface area contributed by atoms with Crippen LogP contribution in [0.3, 0.4) is 0 Å². The van der Waals surface area contributed by atoms with E-state index in [-0.39, 0.29) is 0 Å². The fourth-order valence-corrected chi connectivity index (χ4v) is 0.736. The monoisotopic (exact) mass is 146 g/mol. The van der Waals surface area contributed by atoms with E-state index in [0.29, 0.717) is 12.6 Å². The van der Waals surface area contributed by atoms with Crippen LogP contribution in [-0.4, -0.2) is 42.9 Å². The SMILES string of the molecule is CC(C)[N+](C)(C)CCCO. The number of hydrogen-bond donors (Lipinski definition) is 1. The predicted octanol–water partition coefficient (Wildman–Crippen LogP) is 0.854. The van der Waals surface area contributed by atoms with E-state index in [1.807, 2.05) is 0 Å². The maximum atomic E-state index is 8.60. The molecule has 0 spiro atoms. The largest absolute Gasteiger partial charge is 0.396 e. The topological polar surface area (TPSA) is 20.2 Å². The Labute approximate surface area is 64.1 Å². The molecule has 0 aromatic carbocycles. The summed E-state index contributed by atoms with van der Waals surface area (Å²) in [7, 11) is 4.39. The molecule has 0 rings (SSSR count). The van der Waals surface area contributed by atoms with Gasteiger partial charge in [0.05, 0.1) is 26.7 Å². The van der Waals surface area contributed by atoms with Crippen molar-refractivity contribution in [2.45, 2.75) is 26.3 Å². The van der Waals surface area contributed by atoms with E-state index in [9.17, 15) is 0 Å². The number of aliphatic hydroxyl groups is 1. The van der Waals surface area contributed by atoms with E-state index in [0.717, 1.165) is 17.4 Å². The molecule has 0 radical (unpaired) electrons. The highest BCUT2D eigenvalue weighted by Crippen LogP contribution is 2.05. The van der Waals surface area contributed by atoms with Gasteiger partial charge in [-0.15, -0.1) is 0 Å². The van der Waals surface area contributed by atoms with Crippen LogP contribution in [0.5, 0.6) is 0 Å². The zero-order chi connectivity index (χ0) is 8.20. The lowest BCUT2D eigenvalue weighted by Gasteiger charge is -2.33. The first-order valence-electron chi connectivity index (χ1n) is 3.94. The quantitative estimate of drug-likeness (QED) is 0.583. The minimum absolute atomic E-state index is 0.314. The third-order valence-electron chi connectivity index (χ3n) is 2.29. The summed E-state index contributed by atoms with van der Waals surface area (Å²) in [6.45, 7) is 5.79. The summed E-state index contributed by atoms with van der Waals surface area (Å²) in [5, 5.41) is 8.60. The van der Waals surface area contributed by atoms with Crippen LogP contribution in [-0.2, 0) is 0 Å². The maximum Gasteiger partial charge on any atom is 0.0829 e. The van der Waals surface area contributed by atoms with Crippen LogP contribution in [0.1, 0.15) is 20.3 Å². The highest BCUT2D eigenvalue weighted by Gasteiger charge is 2.17. The highest BCUT2D eigenvalue weighted by atomic mass is 16.3. The van der Waals surface area contributed by atoms with Crippen molar-refractivity contribution in [1.29, 1.82) is 0 Å². The molecule has 2 nitrogen and oxygen atoms in total. The molecule has 0 bridgehead atoms. The molecule has 0 aliphatic carbocycles. The van der Waals surface area contributed by atoms with Crippen LogP contribution in [0.25, 0.3) is 0 Å². The van der Waals surface area contributed by atoms with E-state index < -0.39 is 0 Å². The van der Waals surface area contributed by atoms with Crippen LogP contribution in [0.4, 0.5) is 0 Å². The Hall–Kier alpha value is -0.0800. The van der Waals surface area contributed by atoms with E-state index in [1.54, 1.807) is 0 Å². The maximum absolute atomic E-state index is 8.60. The molecule has 62 valence electrons. The lowest BCUT2D eigenvalue weighted by molar-refractivity contribution is -0.911. The van der Waals surface area contributed by atoms with Crippen LogP contribution in [0.15, 0.2) is 0 Å². The molecule has 0 heterocycles. The van der Waals surface area contributed by atoms with E-state index in [4.69, 9.17) is 5.11 Å². The van der Waals surface area contributed by atoms with Crippen molar-refractivity contribution < 1.29 is 9.59 Å². The van der Waals surface area contributed by atoms with Gasteiger partial charge >= 0.3 is 0 Å². The average Bonchev–Trinajstić information content (AvgIpc) is 1.84. The number of rotatable bonds is 4. The molecule has 0 aliphatic rings. The molecule has 0 saturated heterocycles. The van der Waals surface area contributed by atoms with Gasteiger partial charge in [-0.3, -0.25) is 0 Å². The first-order chi connectivity index (χ1) is 4.50. The summed E-state index contributed by atoms with van der Waals surface area (Å²) in [6.07, 6.45) is 0.908. The van der Waals surface area contributed by atoms with Gasteiger partial charge < -0.3 is 9.59 Å². The second-order valence-electron chi connectivity index (χ2n) is 3.67. The second-order valence-corrected chi connectivity index (χ2v) is 3.67. The van der Waals surface area contributed by atoms with Crippen LogP contribution in [0.2, 0.25) is 0 Å². The molecule has 0 unspecified atom stereocenters. The smallest absolute Gasteiger partial charge is 0.0829 e. The summed E-state index contributed by atoms with van der Waals surface area (Å²) in [5.41, 5.74) is 0. The van der Waals surface area contributed by atoms with Crippen molar-refractivity contribution >= 4 is 0 Å². The zero-order valence-electron chi connectivity index (χ0n) is 7.59. The molecule has 0 atom stereocenters.